The van der Waals surface area contributed by atoms with Gasteiger partial charge in [-0.05, 0) is 47.5 Å². The molecule has 0 bridgehead atoms. The number of hydrogen-bond donors (Lipinski definition) is 2. The predicted octanol–water partition coefficient (Wildman–Crippen LogP) is 6.11. The molecule has 0 aliphatic rings. The summed E-state index contributed by atoms with van der Waals surface area (Å²) in [6, 6.07) is 37.0. The Morgan fingerprint density at radius 3 is 1.36 bits per heavy atom. The molecular weight excluding hydrogens is 342 g/mol. The van der Waals surface area contributed by atoms with E-state index in [1.807, 2.05) is 36.4 Å². The third kappa shape index (κ3) is 3.64. The maximum atomic E-state index is 7.52. The molecule has 0 atom stereocenters. The monoisotopic (exact) mass is 363 g/mol. The standard InChI is InChI=1S/C25H21N3/c26-25(27)21-13-11-19(12-14-21)20-15-17-24(18-16-20)28(22-7-3-1-4-8-22)23-9-5-2-6-10-23/h1-18H,(H3,26,27). The summed E-state index contributed by atoms with van der Waals surface area (Å²) in [4.78, 5) is 2.24. The van der Waals surface area contributed by atoms with Crippen molar-refractivity contribution in [2.24, 2.45) is 5.73 Å². The van der Waals surface area contributed by atoms with E-state index in [2.05, 4.69) is 77.7 Å². The molecule has 0 saturated heterocycles. The van der Waals surface area contributed by atoms with E-state index in [9.17, 15) is 0 Å². The summed E-state index contributed by atoms with van der Waals surface area (Å²) in [5.41, 5.74) is 11.8. The number of amidine groups is 1. The number of nitrogens with zero attached hydrogens (tertiary/aromatic N) is 1. The molecule has 0 radical (unpaired) electrons. The van der Waals surface area contributed by atoms with Crippen molar-refractivity contribution in [3.8, 4) is 11.1 Å². The van der Waals surface area contributed by atoms with Crippen LogP contribution in [0.2, 0.25) is 0 Å². The van der Waals surface area contributed by atoms with Crippen molar-refractivity contribution in [2.45, 2.75) is 0 Å². The minimum atomic E-state index is 0.0864. The zero-order valence-corrected chi connectivity index (χ0v) is 15.4. The molecule has 3 nitrogen and oxygen atoms in total. The second-order valence-electron chi connectivity index (χ2n) is 6.54. The lowest BCUT2D eigenvalue weighted by Gasteiger charge is -2.25. The highest BCUT2D eigenvalue weighted by Crippen LogP contribution is 2.35. The fourth-order valence-corrected chi connectivity index (χ4v) is 3.25. The Hall–Kier alpha value is -3.85. The summed E-state index contributed by atoms with van der Waals surface area (Å²) in [6.45, 7) is 0. The van der Waals surface area contributed by atoms with Crippen LogP contribution in [0.1, 0.15) is 5.56 Å². The molecule has 4 aromatic rings. The smallest absolute Gasteiger partial charge is 0.122 e. The Bertz CT molecular complexity index is 1010. The third-order valence-electron chi connectivity index (χ3n) is 4.68. The minimum Gasteiger partial charge on any atom is -0.384 e. The van der Waals surface area contributed by atoms with Crippen LogP contribution in [-0.4, -0.2) is 5.84 Å². The van der Waals surface area contributed by atoms with E-state index in [-0.39, 0.29) is 5.84 Å². The fraction of sp³-hybridized carbons (Fsp3) is 0. The second kappa shape index (κ2) is 7.80. The van der Waals surface area contributed by atoms with Gasteiger partial charge >= 0.3 is 0 Å². The Morgan fingerprint density at radius 1 is 0.536 bits per heavy atom. The van der Waals surface area contributed by atoms with Gasteiger partial charge in [-0.3, -0.25) is 5.41 Å². The first kappa shape index (κ1) is 17.6. The number of anilines is 3. The van der Waals surface area contributed by atoms with Crippen molar-refractivity contribution < 1.29 is 0 Å². The molecule has 3 N–H and O–H groups in total. The first-order valence-corrected chi connectivity index (χ1v) is 9.17. The van der Waals surface area contributed by atoms with Crippen LogP contribution < -0.4 is 10.6 Å². The molecule has 0 saturated carbocycles. The molecule has 0 heterocycles. The predicted molar refractivity (Wildman–Crippen MR) is 118 cm³/mol. The van der Waals surface area contributed by atoms with Gasteiger partial charge in [0.25, 0.3) is 0 Å². The van der Waals surface area contributed by atoms with Gasteiger partial charge in [-0.1, -0.05) is 72.8 Å². The molecule has 0 spiro atoms. The number of nitrogen functional groups attached to an aromatic ring is 1. The average molecular weight is 363 g/mol. The zero-order chi connectivity index (χ0) is 19.3. The van der Waals surface area contributed by atoms with Crippen molar-refractivity contribution in [3.63, 3.8) is 0 Å². The van der Waals surface area contributed by atoms with E-state index < -0.39 is 0 Å². The Labute approximate surface area is 165 Å². The van der Waals surface area contributed by atoms with Crippen LogP contribution in [0.3, 0.4) is 0 Å². The van der Waals surface area contributed by atoms with E-state index in [0.29, 0.717) is 0 Å². The van der Waals surface area contributed by atoms with Crippen LogP contribution in [0.4, 0.5) is 17.1 Å². The average Bonchev–Trinajstić information content (AvgIpc) is 2.76. The molecule has 0 aliphatic heterocycles. The fourth-order valence-electron chi connectivity index (χ4n) is 3.25. The number of nitrogens with one attached hydrogen (secondary N) is 1. The normalized spacial score (nSPS) is 10.4. The second-order valence-corrected chi connectivity index (χ2v) is 6.54. The van der Waals surface area contributed by atoms with Crippen molar-refractivity contribution in [1.29, 1.82) is 5.41 Å². The van der Waals surface area contributed by atoms with Gasteiger partial charge in [-0.2, -0.15) is 0 Å². The maximum absolute atomic E-state index is 7.52. The topological polar surface area (TPSA) is 53.1 Å². The Balaban J connectivity index is 1.69. The summed E-state index contributed by atoms with van der Waals surface area (Å²) < 4.78 is 0. The lowest BCUT2D eigenvalue weighted by Crippen LogP contribution is -2.10. The Kier molecular flexibility index (Phi) is 4.89. The number of rotatable bonds is 5. The van der Waals surface area contributed by atoms with E-state index in [1.54, 1.807) is 0 Å². The van der Waals surface area contributed by atoms with Crippen LogP contribution >= 0.6 is 0 Å². The molecule has 28 heavy (non-hydrogen) atoms. The van der Waals surface area contributed by atoms with Crippen LogP contribution in [0.5, 0.6) is 0 Å². The zero-order valence-electron chi connectivity index (χ0n) is 15.4. The lowest BCUT2D eigenvalue weighted by molar-refractivity contribution is 1.28. The van der Waals surface area contributed by atoms with E-state index in [1.165, 1.54) is 0 Å². The number of para-hydroxylation sites is 2. The van der Waals surface area contributed by atoms with E-state index >= 15 is 0 Å². The molecule has 136 valence electrons. The highest BCUT2D eigenvalue weighted by Gasteiger charge is 2.11. The molecule has 4 rings (SSSR count). The van der Waals surface area contributed by atoms with Crippen molar-refractivity contribution in [3.05, 3.63) is 115 Å². The van der Waals surface area contributed by atoms with Gasteiger partial charge < -0.3 is 10.6 Å². The van der Waals surface area contributed by atoms with Gasteiger partial charge in [0.15, 0.2) is 0 Å². The summed E-state index contributed by atoms with van der Waals surface area (Å²) in [5.74, 6) is 0.0864. The van der Waals surface area contributed by atoms with Gasteiger partial charge in [0.2, 0.25) is 0 Å². The summed E-state index contributed by atoms with van der Waals surface area (Å²) >= 11 is 0. The molecular formula is C25H21N3. The van der Waals surface area contributed by atoms with Gasteiger partial charge in [0.1, 0.15) is 5.84 Å². The molecule has 4 aromatic carbocycles. The van der Waals surface area contributed by atoms with Crippen molar-refractivity contribution in [2.75, 3.05) is 4.90 Å². The van der Waals surface area contributed by atoms with Crippen molar-refractivity contribution >= 4 is 22.9 Å². The lowest BCUT2D eigenvalue weighted by atomic mass is 10.0. The third-order valence-corrected chi connectivity index (χ3v) is 4.68. The molecule has 0 unspecified atom stereocenters. The van der Waals surface area contributed by atoms with Crippen molar-refractivity contribution in [1.82, 2.24) is 0 Å². The van der Waals surface area contributed by atoms with Gasteiger partial charge in [0, 0.05) is 22.6 Å². The van der Waals surface area contributed by atoms with Crippen LogP contribution in [0, 0.1) is 5.41 Å². The van der Waals surface area contributed by atoms with E-state index in [4.69, 9.17) is 11.1 Å². The highest BCUT2D eigenvalue weighted by molar-refractivity contribution is 5.95. The van der Waals surface area contributed by atoms with Gasteiger partial charge in [-0.25, -0.2) is 0 Å². The van der Waals surface area contributed by atoms with Gasteiger partial charge in [-0.15, -0.1) is 0 Å². The molecule has 0 amide bonds. The SMILES string of the molecule is N=C(N)c1ccc(-c2ccc(N(c3ccccc3)c3ccccc3)cc2)cc1. The number of nitrogens with two attached hydrogens (primary N) is 1. The Morgan fingerprint density at radius 2 is 0.929 bits per heavy atom. The number of hydrogen-bond acceptors (Lipinski definition) is 2. The maximum Gasteiger partial charge on any atom is 0.122 e. The molecule has 0 fully saturated rings. The van der Waals surface area contributed by atoms with Crippen LogP contribution in [0.25, 0.3) is 11.1 Å². The minimum absolute atomic E-state index is 0.0864. The van der Waals surface area contributed by atoms with Crippen LogP contribution in [-0.2, 0) is 0 Å². The van der Waals surface area contributed by atoms with E-state index in [0.717, 1.165) is 33.8 Å². The van der Waals surface area contributed by atoms with Gasteiger partial charge in [0.05, 0.1) is 0 Å². The molecule has 0 aromatic heterocycles. The highest BCUT2D eigenvalue weighted by atomic mass is 15.1. The van der Waals surface area contributed by atoms with Crippen LogP contribution in [0.15, 0.2) is 109 Å². The molecule has 0 aliphatic carbocycles. The quantitative estimate of drug-likeness (QED) is 0.332. The number of benzene rings is 4. The summed E-state index contributed by atoms with van der Waals surface area (Å²) in [7, 11) is 0. The molecule has 3 heteroatoms. The largest absolute Gasteiger partial charge is 0.384 e. The summed E-state index contributed by atoms with van der Waals surface area (Å²) in [5, 5.41) is 7.52. The first-order chi connectivity index (χ1) is 13.7. The summed E-state index contributed by atoms with van der Waals surface area (Å²) in [6.07, 6.45) is 0. The first-order valence-electron chi connectivity index (χ1n) is 9.17.